The average Bonchev–Trinajstić information content (AvgIpc) is 2.93. The van der Waals surface area contributed by atoms with Gasteiger partial charge in [0.05, 0.1) is 13.2 Å². The number of amides is 2. The molecule has 0 aromatic heterocycles. The molecule has 2 N–H and O–H groups in total. The predicted octanol–water partition coefficient (Wildman–Crippen LogP) is 0.254. The van der Waals surface area contributed by atoms with E-state index in [1.807, 2.05) is 0 Å². The SMILES string of the molecule is COC1(CNC(=O)NC2CC2)CCOC1. The fourth-order valence-electron chi connectivity index (χ4n) is 1.67. The second-order valence-corrected chi connectivity index (χ2v) is 4.29. The maximum absolute atomic E-state index is 11.4. The zero-order valence-electron chi connectivity index (χ0n) is 9.04. The van der Waals surface area contributed by atoms with Crippen molar-refractivity contribution in [2.24, 2.45) is 0 Å². The van der Waals surface area contributed by atoms with E-state index in [2.05, 4.69) is 10.6 Å². The lowest BCUT2D eigenvalue weighted by Crippen LogP contribution is -2.48. The summed E-state index contributed by atoms with van der Waals surface area (Å²) in [6.45, 7) is 1.79. The van der Waals surface area contributed by atoms with E-state index in [1.54, 1.807) is 7.11 Å². The quantitative estimate of drug-likeness (QED) is 0.705. The predicted molar refractivity (Wildman–Crippen MR) is 54.7 cm³/mol. The molecular formula is C10H18N2O3. The normalized spacial score (nSPS) is 30.2. The zero-order valence-corrected chi connectivity index (χ0v) is 9.04. The van der Waals surface area contributed by atoms with Crippen molar-refractivity contribution in [3.05, 3.63) is 0 Å². The minimum atomic E-state index is -0.319. The third-order valence-corrected chi connectivity index (χ3v) is 2.98. The van der Waals surface area contributed by atoms with Gasteiger partial charge in [-0.3, -0.25) is 0 Å². The van der Waals surface area contributed by atoms with Crippen LogP contribution < -0.4 is 10.6 Å². The lowest BCUT2D eigenvalue weighted by molar-refractivity contribution is -0.0137. The highest BCUT2D eigenvalue weighted by Gasteiger charge is 2.35. The van der Waals surface area contributed by atoms with E-state index in [1.165, 1.54) is 0 Å². The Labute approximate surface area is 89.5 Å². The lowest BCUT2D eigenvalue weighted by atomic mass is 10.0. The lowest BCUT2D eigenvalue weighted by Gasteiger charge is -2.25. The molecule has 0 bridgehead atoms. The molecule has 1 atom stereocenters. The maximum atomic E-state index is 11.4. The summed E-state index contributed by atoms with van der Waals surface area (Å²) in [7, 11) is 1.66. The van der Waals surface area contributed by atoms with Crippen LogP contribution in [0.15, 0.2) is 0 Å². The van der Waals surface area contributed by atoms with E-state index in [0.29, 0.717) is 25.8 Å². The monoisotopic (exact) mass is 214 g/mol. The number of urea groups is 1. The minimum Gasteiger partial charge on any atom is -0.378 e. The summed E-state index contributed by atoms with van der Waals surface area (Å²) in [6, 6.07) is 0.296. The van der Waals surface area contributed by atoms with Crippen molar-refractivity contribution in [2.75, 3.05) is 26.9 Å². The molecule has 86 valence electrons. The molecule has 0 spiro atoms. The number of carbonyl (C=O) groups excluding carboxylic acids is 1. The molecule has 0 aromatic rings. The second-order valence-electron chi connectivity index (χ2n) is 4.29. The van der Waals surface area contributed by atoms with Gasteiger partial charge in [-0.1, -0.05) is 0 Å². The number of methoxy groups -OCH3 is 1. The van der Waals surface area contributed by atoms with Gasteiger partial charge in [-0.2, -0.15) is 0 Å². The molecule has 5 nitrogen and oxygen atoms in total. The summed E-state index contributed by atoms with van der Waals surface area (Å²) >= 11 is 0. The first kappa shape index (κ1) is 10.7. The molecule has 0 radical (unpaired) electrons. The fraction of sp³-hybridized carbons (Fsp3) is 0.900. The van der Waals surface area contributed by atoms with Gasteiger partial charge in [0.15, 0.2) is 0 Å². The Balaban J connectivity index is 1.72. The number of nitrogens with one attached hydrogen (secondary N) is 2. The molecule has 1 unspecified atom stereocenters. The van der Waals surface area contributed by atoms with Crippen LogP contribution in [0.5, 0.6) is 0 Å². The van der Waals surface area contributed by atoms with E-state index in [4.69, 9.17) is 9.47 Å². The van der Waals surface area contributed by atoms with Crippen LogP contribution in [0, 0.1) is 0 Å². The molecule has 1 heterocycles. The highest BCUT2D eigenvalue weighted by molar-refractivity contribution is 5.74. The highest BCUT2D eigenvalue weighted by atomic mass is 16.5. The Hall–Kier alpha value is -0.810. The van der Waals surface area contributed by atoms with Crippen LogP contribution in [-0.4, -0.2) is 44.5 Å². The van der Waals surface area contributed by atoms with E-state index >= 15 is 0 Å². The van der Waals surface area contributed by atoms with Gasteiger partial charge in [-0.15, -0.1) is 0 Å². The average molecular weight is 214 g/mol. The van der Waals surface area contributed by atoms with Crippen LogP contribution in [0.2, 0.25) is 0 Å². The standard InChI is InChI=1S/C10H18N2O3/c1-14-10(4-5-15-7-10)6-11-9(13)12-8-2-3-8/h8H,2-7H2,1H3,(H2,11,12,13). The molecular weight excluding hydrogens is 196 g/mol. The van der Waals surface area contributed by atoms with Crippen molar-refractivity contribution >= 4 is 6.03 Å². The Morgan fingerprint density at radius 2 is 2.40 bits per heavy atom. The molecule has 0 aromatic carbocycles. The van der Waals surface area contributed by atoms with E-state index < -0.39 is 0 Å². The van der Waals surface area contributed by atoms with Gasteiger partial charge in [-0.05, 0) is 12.8 Å². The van der Waals surface area contributed by atoms with Gasteiger partial charge in [0.2, 0.25) is 0 Å². The fourth-order valence-corrected chi connectivity index (χ4v) is 1.67. The van der Waals surface area contributed by atoms with Crippen LogP contribution in [0.3, 0.4) is 0 Å². The number of carbonyl (C=O) groups is 1. The molecule has 15 heavy (non-hydrogen) atoms. The van der Waals surface area contributed by atoms with Crippen LogP contribution >= 0.6 is 0 Å². The van der Waals surface area contributed by atoms with Crippen molar-refractivity contribution in [1.82, 2.24) is 10.6 Å². The van der Waals surface area contributed by atoms with Crippen molar-refractivity contribution in [3.63, 3.8) is 0 Å². The zero-order chi connectivity index (χ0) is 10.7. The number of hydrogen-bond donors (Lipinski definition) is 2. The molecule has 1 saturated heterocycles. The van der Waals surface area contributed by atoms with E-state index in [9.17, 15) is 4.79 Å². The van der Waals surface area contributed by atoms with Gasteiger partial charge >= 0.3 is 6.03 Å². The Bertz CT molecular complexity index is 235. The Morgan fingerprint density at radius 1 is 1.60 bits per heavy atom. The van der Waals surface area contributed by atoms with Crippen LogP contribution in [-0.2, 0) is 9.47 Å². The number of hydrogen-bond acceptors (Lipinski definition) is 3. The molecule has 2 fully saturated rings. The first-order valence-electron chi connectivity index (χ1n) is 5.41. The maximum Gasteiger partial charge on any atom is 0.315 e. The first-order chi connectivity index (χ1) is 7.24. The molecule has 2 aliphatic rings. The Morgan fingerprint density at radius 3 is 2.93 bits per heavy atom. The van der Waals surface area contributed by atoms with Crippen molar-refractivity contribution < 1.29 is 14.3 Å². The van der Waals surface area contributed by atoms with Gasteiger partial charge in [0.1, 0.15) is 5.60 Å². The molecule has 5 heteroatoms. The van der Waals surface area contributed by atoms with Crippen molar-refractivity contribution in [2.45, 2.75) is 30.9 Å². The van der Waals surface area contributed by atoms with Gasteiger partial charge < -0.3 is 20.1 Å². The summed E-state index contributed by atoms with van der Waals surface area (Å²) < 4.78 is 10.7. The topological polar surface area (TPSA) is 59.6 Å². The second kappa shape index (κ2) is 4.37. The highest BCUT2D eigenvalue weighted by Crippen LogP contribution is 2.21. The van der Waals surface area contributed by atoms with Crippen molar-refractivity contribution in [3.8, 4) is 0 Å². The van der Waals surface area contributed by atoms with Gasteiger partial charge in [0, 0.05) is 26.2 Å². The minimum absolute atomic E-state index is 0.0965. The molecule has 1 aliphatic carbocycles. The number of rotatable bonds is 4. The van der Waals surface area contributed by atoms with Crippen LogP contribution in [0.25, 0.3) is 0 Å². The van der Waals surface area contributed by atoms with Gasteiger partial charge in [0.25, 0.3) is 0 Å². The summed E-state index contributed by atoms with van der Waals surface area (Å²) in [6.07, 6.45) is 3.05. The third-order valence-electron chi connectivity index (χ3n) is 2.98. The van der Waals surface area contributed by atoms with Crippen LogP contribution in [0.1, 0.15) is 19.3 Å². The van der Waals surface area contributed by atoms with E-state index in [-0.39, 0.29) is 11.6 Å². The smallest absolute Gasteiger partial charge is 0.315 e. The first-order valence-corrected chi connectivity index (χ1v) is 5.41. The van der Waals surface area contributed by atoms with Crippen LogP contribution in [0.4, 0.5) is 4.79 Å². The van der Waals surface area contributed by atoms with E-state index in [0.717, 1.165) is 19.3 Å². The Kier molecular flexibility index (Phi) is 3.11. The molecule has 1 saturated carbocycles. The third kappa shape index (κ3) is 2.82. The summed E-state index contributed by atoms with van der Waals surface area (Å²) in [4.78, 5) is 11.4. The molecule has 2 rings (SSSR count). The number of ether oxygens (including phenoxy) is 2. The molecule has 1 aliphatic heterocycles. The van der Waals surface area contributed by atoms with Crippen molar-refractivity contribution in [1.29, 1.82) is 0 Å². The summed E-state index contributed by atoms with van der Waals surface area (Å²) in [5.74, 6) is 0. The largest absolute Gasteiger partial charge is 0.378 e. The molecule has 2 amide bonds. The summed E-state index contributed by atoms with van der Waals surface area (Å²) in [5.41, 5.74) is -0.319. The van der Waals surface area contributed by atoms with Gasteiger partial charge in [-0.25, -0.2) is 4.79 Å². The summed E-state index contributed by atoms with van der Waals surface area (Å²) in [5, 5.41) is 5.71.